The van der Waals surface area contributed by atoms with Crippen molar-refractivity contribution in [2.45, 2.75) is 43.7 Å². The van der Waals surface area contributed by atoms with Gasteiger partial charge in [0.15, 0.2) is 0 Å². The smallest absolute Gasteiger partial charge is 0.129 e. The normalized spacial score (nSPS) is 21.4. The van der Waals surface area contributed by atoms with E-state index in [2.05, 4.69) is 10.4 Å². The first-order valence-electron chi connectivity index (χ1n) is 6.22. The van der Waals surface area contributed by atoms with Crippen molar-refractivity contribution in [1.82, 2.24) is 15.0 Å². The third-order valence-corrected chi connectivity index (χ3v) is 3.92. The first-order chi connectivity index (χ1) is 8.23. The maximum Gasteiger partial charge on any atom is 0.129 e. The van der Waals surface area contributed by atoms with E-state index in [4.69, 9.17) is 10.6 Å². The molecule has 1 saturated carbocycles. The van der Waals surface area contributed by atoms with Gasteiger partial charge in [-0.2, -0.15) is 0 Å². The molecular formula is C12H22N4O. The van der Waals surface area contributed by atoms with Gasteiger partial charge in [0.05, 0.1) is 5.60 Å². The number of hydrazine groups is 1. The van der Waals surface area contributed by atoms with E-state index >= 15 is 0 Å². The van der Waals surface area contributed by atoms with E-state index in [9.17, 15) is 0 Å². The van der Waals surface area contributed by atoms with E-state index in [1.165, 1.54) is 19.3 Å². The van der Waals surface area contributed by atoms with Crippen LogP contribution in [0.2, 0.25) is 0 Å². The molecule has 5 heteroatoms. The average molecular weight is 238 g/mol. The molecule has 1 unspecified atom stereocenters. The number of methoxy groups -OCH3 is 1. The van der Waals surface area contributed by atoms with Gasteiger partial charge in [0.25, 0.3) is 0 Å². The fourth-order valence-electron chi connectivity index (χ4n) is 2.88. The third-order valence-electron chi connectivity index (χ3n) is 3.92. The quantitative estimate of drug-likeness (QED) is 0.612. The van der Waals surface area contributed by atoms with Crippen molar-refractivity contribution in [3.8, 4) is 0 Å². The highest BCUT2D eigenvalue weighted by Crippen LogP contribution is 2.40. The van der Waals surface area contributed by atoms with Crippen LogP contribution in [0, 0.1) is 0 Å². The topological polar surface area (TPSA) is 65.1 Å². The molecule has 0 amide bonds. The number of aryl methyl sites for hydroxylation is 1. The molecular weight excluding hydrogens is 216 g/mol. The maximum absolute atomic E-state index is 5.81. The number of nitrogens with zero attached hydrogens (tertiary/aromatic N) is 2. The molecule has 17 heavy (non-hydrogen) atoms. The Bertz CT molecular complexity index is 357. The van der Waals surface area contributed by atoms with Crippen LogP contribution in [-0.2, 0) is 11.8 Å². The molecule has 0 aliphatic heterocycles. The molecule has 0 saturated heterocycles. The van der Waals surface area contributed by atoms with Crippen molar-refractivity contribution in [2.75, 3.05) is 7.11 Å². The van der Waals surface area contributed by atoms with Gasteiger partial charge in [-0.25, -0.2) is 10.4 Å². The number of nitrogens with one attached hydrogen (secondary N) is 1. The number of ether oxygens (including phenoxy) is 1. The molecule has 0 radical (unpaired) electrons. The van der Waals surface area contributed by atoms with Crippen LogP contribution in [0.25, 0.3) is 0 Å². The second kappa shape index (κ2) is 5.16. The third kappa shape index (κ3) is 2.22. The second-order valence-electron chi connectivity index (χ2n) is 4.83. The lowest BCUT2D eigenvalue weighted by Gasteiger charge is -2.41. The summed E-state index contributed by atoms with van der Waals surface area (Å²) >= 11 is 0. The molecule has 0 bridgehead atoms. The number of aromatic nitrogens is 2. The number of imidazole rings is 1. The predicted octanol–water partition coefficient (Wildman–Crippen LogP) is 1.27. The lowest BCUT2D eigenvalue weighted by Crippen LogP contribution is -2.50. The van der Waals surface area contributed by atoms with Crippen molar-refractivity contribution in [3.05, 3.63) is 18.2 Å². The molecule has 1 aromatic heterocycles. The summed E-state index contributed by atoms with van der Waals surface area (Å²) in [6.07, 6.45) is 9.46. The van der Waals surface area contributed by atoms with Crippen LogP contribution >= 0.6 is 0 Å². The van der Waals surface area contributed by atoms with Gasteiger partial charge < -0.3 is 9.30 Å². The minimum atomic E-state index is -0.216. The Kier molecular flexibility index (Phi) is 3.81. The number of hydrogen-bond acceptors (Lipinski definition) is 4. The molecule has 2 rings (SSSR count). The molecule has 1 aliphatic carbocycles. The fourth-order valence-corrected chi connectivity index (χ4v) is 2.88. The van der Waals surface area contributed by atoms with Crippen LogP contribution in [0.4, 0.5) is 0 Å². The number of rotatable bonds is 4. The zero-order valence-corrected chi connectivity index (χ0v) is 10.6. The summed E-state index contributed by atoms with van der Waals surface area (Å²) in [7, 11) is 3.76. The summed E-state index contributed by atoms with van der Waals surface area (Å²) in [5.74, 6) is 6.68. The second-order valence-corrected chi connectivity index (χ2v) is 4.83. The van der Waals surface area contributed by atoms with Crippen LogP contribution in [0.1, 0.15) is 44.0 Å². The molecule has 1 aliphatic rings. The van der Waals surface area contributed by atoms with Crippen LogP contribution < -0.4 is 11.3 Å². The van der Waals surface area contributed by atoms with Gasteiger partial charge in [0.1, 0.15) is 11.9 Å². The summed E-state index contributed by atoms with van der Waals surface area (Å²) in [4.78, 5) is 4.40. The lowest BCUT2D eigenvalue weighted by molar-refractivity contribution is -0.0714. The van der Waals surface area contributed by atoms with E-state index in [0.29, 0.717) is 0 Å². The zero-order valence-electron chi connectivity index (χ0n) is 10.6. The molecule has 96 valence electrons. The highest BCUT2D eigenvalue weighted by Gasteiger charge is 2.42. The molecule has 1 heterocycles. The van der Waals surface area contributed by atoms with Crippen LogP contribution in [0.15, 0.2) is 12.4 Å². The summed E-state index contributed by atoms with van der Waals surface area (Å²) in [5, 5.41) is 0. The summed E-state index contributed by atoms with van der Waals surface area (Å²) in [6, 6.07) is -0.0483. The van der Waals surface area contributed by atoms with Gasteiger partial charge in [0.2, 0.25) is 0 Å². The minimum Gasteiger partial charge on any atom is -0.376 e. The van der Waals surface area contributed by atoms with Crippen molar-refractivity contribution in [2.24, 2.45) is 12.9 Å². The molecule has 0 aromatic carbocycles. The Balaban J connectivity index is 2.29. The zero-order chi connectivity index (χ0) is 12.3. The Morgan fingerprint density at radius 2 is 2.18 bits per heavy atom. The van der Waals surface area contributed by atoms with E-state index in [1.54, 1.807) is 13.3 Å². The number of hydrogen-bond donors (Lipinski definition) is 2. The Hall–Kier alpha value is -0.910. The Labute approximate surface area is 102 Å². The highest BCUT2D eigenvalue weighted by atomic mass is 16.5. The predicted molar refractivity (Wildman–Crippen MR) is 66.1 cm³/mol. The minimum absolute atomic E-state index is 0.0483. The standard InChI is InChI=1S/C12H22N4O/c1-16-9-8-14-11(16)10(15-13)12(17-2)6-4-3-5-7-12/h8-10,15H,3-7,13H2,1-2H3. The Morgan fingerprint density at radius 3 is 2.65 bits per heavy atom. The fraction of sp³-hybridized carbons (Fsp3) is 0.750. The summed E-state index contributed by atoms with van der Waals surface area (Å²) in [6.45, 7) is 0. The summed E-state index contributed by atoms with van der Waals surface area (Å²) in [5.41, 5.74) is 2.68. The summed E-state index contributed by atoms with van der Waals surface area (Å²) < 4.78 is 7.81. The highest BCUT2D eigenvalue weighted by molar-refractivity contribution is 5.08. The average Bonchev–Trinajstić information content (AvgIpc) is 2.78. The molecule has 1 atom stereocenters. The van der Waals surface area contributed by atoms with Crippen molar-refractivity contribution >= 4 is 0 Å². The van der Waals surface area contributed by atoms with Gasteiger partial charge in [0, 0.05) is 26.6 Å². The Morgan fingerprint density at radius 1 is 1.47 bits per heavy atom. The van der Waals surface area contributed by atoms with Gasteiger partial charge in [-0.15, -0.1) is 0 Å². The lowest BCUT2D eigenvalue weighted by atomic mass is 9.79. The van der Waals surface area contributed by atoms with E-state index in [1.807, 2.05) is 17.8 Å². The van der Waals surface area contributed by atoms with Crippen molar-refractivity contribution < 1.29 is 4.74 Å². The van der Waals surface area contributed by atoms with Crippen LogP contribution in [0.5, 0.6) is 0 Å². The van der Waals surface area contributed by atoms with Gasteiger partial charge >= 0.3 is 0 Å². The largest absolute Gasteiger partial charge is 0.376 e. The van der Waals surface area contributed by atoms with E-state index in [0.717, 1.165) is 18.7 Å². The van der Waals surface area contributed by atoms with Gasteiger partial charge in [-0.3, -0.25) is 5.84 Å². The molecule has 0 spiro atoms. The van der Waals surface area contributed by atoms with Crippen molar-refractivity contribution in [1.29, 1.82) is 0 Å². The van der Waals surface area contributed by atoms with Gasteiger partial charge in [-0.05, 0) is 12.8 Å². The van der Waals surface area contributed by atoms with Crippen LogP contribution in [0.3, 0.4) is 0 Å². The van der Waals surface area contributed by atoms with Crippen LogP contribution in [-0.4, -0.2) is 22.3 Å². The molecule has 5 nitrogen and oxygen atoms in total. The van der Waals surface area contributed by atoms with E-state index < -0.39 is 0 Å². The first-order valence-corrected chi connectivity index (χ1v) is 6.22. The number of nitrogens with two attached hydrogens (primary N) is 1. The first kappa shape index (κ1) is 12.5. The van der Waals surface area contributed by atoms with Gasteiger partial charge in [-0.1, -0.05) is 19.3 Å². The molecule has 1 aromatic rings. The molecule has 1 fully saturated rings. The SMILES string of the molecule is COC1(C(NN)c2nccn2C)CCCCC1. The molecule has 3 N–H and O–H groups in total. The van der Waals surface area contributed by atoms with Crippen molar-refractivity contribution in [3.63, 3.8) is 0 Å². The monoisotopic (exact) mass is 238 g/mol. The maximum atomic E-state index is 5.81. The van der Waals surface area contributed by atoms with E-state index in [-0.39, 0.29) is 11.6 Å².